The summed E-state index contributed by atoms with van der Waals surface area (Å²) in [6.45, 7) is 0. The first-order chi connectivity index (χ1) is 11.7. The molecule has 3 aromatic carbocycles. The van der Waals surface area contributed by atoms with Crippen LogP contribution in [0.1, 0.15) is 0 Å². The summed E-state index contributed by atoms with van der Waals surface area (Å²) in [5.41, 5.74) is 1.15. The van der Waals surface area contributed by atoms with Gasteiger partial charge in [0, 0.05) is 55.2 Å². The van der Waals surface area contributed by atoms with E-state index in [0.717, 1.165) is 10.8 Å². The molecule has 0 spiro atoms. The Bertz CT molecular complexity index is 885. The zero-order chi connectivity index (χ0) is 17.1. The highest BCUT2D eigenvalue weighted by molar-refractivity contribution is 7.75. The SMILES string of the molecule is OOc1ccc(OS)cc1-c1cc2c(OS)cccc2cc1OS. The van der Waals surface area contributed by atoms with Gasteiger partial charge < -0.3 is 17.4 Å². The quantitative estimate of drug-likeness (QED) is 0.216. The van der Waals surface area contributed by atoms with Gasteiger partial charge in [0.15, 0.2) is 5.75 Å². The van der Waals surface area contributed by atoms with Crippen LogP contribution in [0.2, 0.25) is 0 Å². The number of fused-ring (bicyclic) bond motifs is 1. The van der Waals surface area contributed by atoms with Crippen molar-refractivity contribution in [1.82, 2.24) is 0 Å². The Labute approximate surface area is 154 Å². The second kappa shape index (κ2) is 7.35. The van der Waals surface area contributed by atoms with Gasteiger partial charge in [-0.05, 0) is 41.8 Å². The van der Waals surface area contributed by atoms with Gasteiger partial charge in [-0.2, -0.15) is 0 Å². The zero-order valence-electron chi connectivity index (χ0n) is 12.0. The van der Waals surface area contributed by atoms with Gasteiger partial charge in [0.05, 0.1) is 0 Å². The van der Waals surface area contributed by atoms with E-state index in [0.29, 0.717) is 28.4 Å². The lowest BCUT2D eigenvalue weighted by atomic mass is 9.98. The van der Waals surface area contributed by atoms with E-state index in [1.165, 1.54) is 0 Å². The Morgan fingerprint density at radius 1 is 0.708 bits per heavy atom. The maximum atomic E-state index is 9.16. The van der Waals surface area contributed by atoms with Gasteiger partial charge in [-0.3, -0.25) is 0 Å². The molecule has 0 aliphatic heterocycles. The lowest BCUT2D eigenvalue weighted by Crippen LogP contribution is -1.92. The van der Waals surface area contributed by atoms with E-state index in [4.69, 9.17) is 17.8 Å². The lowest BCUT2D eigenvalue weighted by molar-refractivity contribution is -0.137. The molecule has 124 valence electrons. The van der Waals surface area contributed by atoms with Gasteiger partial charge in [0.1, 0.15) is 17.2 Å². The number of thiol groups is 3. The van der Waals surface area contributed by atoms with Gasteiger partial charge in [0.25, 0.3) is 0 Å². The summed E-state index contributed by atoms with van der Waals surface area (Å²) in [7, 11) is 0. The molecule has 0 aromatic heterocycles. The van der Waals surface area contributed by atoms with Crippen LogP contribution in [0.25, 0.3) is 21.9 Å². The van der Waals surface area contributed by atoms with E-state index in [9.17, 15) is 0 Å². The molecule has 0 atom stereocenters. The molecule has 0 bridgehead atoms. The molecule has 3 aromatic rings. The summed E-state index contributed by atoms with van der Waals surface area (Å²) in [5, 5.41) is 10.8. The van der Waals surface area contributed by atoms with Gasteiger partial charge in [-0.1, -0.05) is 12.1 Å². The van der Waals surface area contributed by atoms with Crippen LogP contribution in [0.3, 0.4) is 0 Å². The normalized spacial score (nSPS) is 10.5. The highest BCUT2D eigenvalue weighted by Crippen LogP contribution is 2.43. The van der Waals surface area contributed by atoms with Crippen LogP contribution >= 0.6 is 38.7 Å². The lowest BCUT2D eigenvalue weighted by Gasteiger charge is -2.14. The van der Waals surface area contributed by atoms with Crippen LogP contribution in [-0.2, 0) is 0 Å². The molecule has 0 unspecified atom stereocenters. The average molecular weight is 380 g/mol. The highest BCUT2D eigenvalue weighted by Gasteiger charge is 2.16. The molecule has 0 saturated heterocycles. The molecule has 0 radical (unpaired) electrons. The van der Waals surface area contributed by atoms with E-state index in [2.05, 4.69) is 43.6 Å². The van der Waals surface area contributed by atoms with Crippen molar-refractivity contribution in [2.24, 2.45) is 0 Å². The van der Waals surface area contributed by atoms with Gasteiger partial charge in [-0.25, -0.2) is 5.26 Å². The van der Waals surface area contributed by atoms with Gasteiger partial charge >= 0.3 is 0 Å². The smallest absolute Gasteiger partial charge is 0.173 e. The minimum Gasteiger partial charge on any atom is -0.429 e. The maximum absolute atomic E-state index is 9.16. The Morgan fingerprint density at radius 2 is 1.46 bits per heavy atom. The Hall–Kier alpha value is -1.87. The van der Waals surface area contributed by atoms with E-state index in [-0.39, 0.29) is 5.75 Å². The van der Waals surface area contributed by atoms with Crippen LogP contribution in [0.4, 0.5) is 0 Å². The maximum Gasteiger partial charge on any atom is 0.173 e. The van der Waals surface area contributed by atoms with E-state index < -0.39 is 0 Å². The zero-order valence-corrected chi connectivity index (χ0v) is 14.7. The molecule has 5 nitrogen and oxygen atoms in total. The first-order valence-electron chi connectivity index (χ1n) is 6.68. The fourth-order valence-corrected chi connectivity index (χ4v) is 2.92. The van der Waals surface area contributed by atoms with Gasteiger partial charge in [0.2, 0.25) is 0 Å². The predicted molar refractivity (Wildman–Crippen MR) is 101 cm³/mol. The molecule has 8 heteroatoms. The third kappa shape index (κ3) is 3.05. The molecule has 0 amide bonds. The van der Waals surface area contributed by atoms with Crippen molar-refractivity contribution >= 4 is 49.5 Å². The summed E-state index contributed by atoms with van der Waals surface area (Å²) in [5.74, 6) is 1.74. The fraction of sp³-hybridized carbons (Fsp3) is 0. The third-order valence-corrected chi connectivity index (χ3v) is 4.19. The van der Waals surface area contributed by atoms with Crippen molar-refractivity contribution in [3.63, 3.8) is 0 Å². The molecule has 24 heavy (non-hydrogen) atoms. The number of benzene rings is 3. The number of hydrogen-bond acceptors (Lipinski definition) is 8. The average Bonchev–Trinajstić information content (AvgIpc) is 2.65. The van der Waals surface area contributed by atoms with Crippen LogP contribution in [-0.4, -0.2) is 5.26 Å². The van der Waals surface area contributed by atoms with E-state index >= 15 is 0 Å². The Balaban J connectivity index is 2.32. The largest absolute Gasteiger partial charge is 0.429 e. The molecule has 0 aliphatic rings. The van der Waals surface area contributed by atoms with Crippen LogP contribution in [0.5, 0.6) is 23.0 Å². The molecule has 0 aliphatic carbocycles. The van der Waals surface area contributed by atoms with Crippen molar-refractivity contribution in [3.05, 3.63) is 48.5 Å². The predicted octanol–water partition coefficient (Wildman–Crippen LogP) is 5.03. The van der Waals surface area contributed by atoms with Crippen LogP contribution in [0, 0.1) is 0 Å². The summed E-state index contributed by atoms with van der Waals surface area (Å²) < 4.78 is 15.2. The highest BCUT2D eigenvalue weighted by atomic mass is 32.1. The molecule has 0 fully saturated rings. The topological polar surface area (TPSA) is 57.2 Å². The first-order valence-corrected chi connectivity index (χ1v) is 7.78. The summed E-state index contributed by atoms with van der Waals surface area (Å²) in [6, 6.07) is 14.0. The fourth-order valence-electron chi connectivity index (χ4n) is 2.50. The van der Waals surface area contributed by atoms with Crippen LogP contribution < -0.4 is 17.4 Å². The first kappa shape index (κ1) is 17.0. The monoisotopic (exact) mass is 380 g/mol. The van der Waals surface area contributed by atoms with Crippen molar-refractivity contribution in [3.8, 4) is 34.1 Å². The standard InChI is InChI=1S/C16H12O5S3/c17-18-14-5-4-10(19-22)7-12(14)13-8-11-9(6-16(13)21-24)2-1-3-15(11)20-23/h1-8,17,22-24H. The Kier molecular flexibility index (Phi) is 5.20. The van der Waals surface area contributed by atoms with Crippen LogP contribution in [0.15, 0.2) is 48.5 Å². The number of hydrogen-bond donors (Lipinski definition) is 4. The molecule has 0 heterocycles. The molecular weight excluding hydrogens is 368 g/mol. The summed E-state index contributed by atoms with van der Waals surface area (Å²) >= 11 is 11.6. The van der Waals surface area contributed by atoms with Crippen molar-refractivity contribution < 1.29 is 22.7 Å². The second-order valence-corrected chi connectivity index (χ2v) is 5.40. The van der Waals surface area contributed by atoms with Crippen molar-refractivity contribution in [2.75, 3.05) is 0 Å². The molecular formula is C16H12O5S3. The Morgan fingerprint density at radius 3 is 2.12 bits per heavy atom. The molecule has 0 saturated carbocycles. The minimum atomic E-state index is 0.222. The molecule has 1 N–H and O–H groups in total. The second-order valence-electron chi connectivity index (χ2n) is 4.85. The minimum absolute atomic E-state index is 0.222. The molecule has 3 rings (SSSR count). The van der Waals surface area contributed by atoms with E-state index in [1.807, 2.05) is 18.2 Å². The van der Waals surface area contributed by atoms with Crippen molar-refractivity contribution in [1.29, 1.82) is 0 Å². The third-order valence-electron chi connectivity index (χ3n) is 3.58. The van der Waals surface area contributed by atoms with E-state index in [1.54, 1.807) is 30.3 Å². The summed E-state index contributed by atoms with van der Waals surface area (Å²) in [4.78, 5) is 4.46. The van der Waals surface area contributed by atoms with Crippen molar-refractivity contribution in [2.45, 2.75) is 0 Å². The van der Waals surface area contributed by atoms with Gasteiger partial charge in [-0.15, -0.1) is 0 Å². The summed E-state index contributed by atoms with van der Waals surface area (Å²) in [6.07, 6.45) is 0. The number of rotatable bonds is 5.